The van der Waals surface area contributed by atoms with Crippen LogP contribution in [-0.2, 0) is 16.0 Å². The van der Waals surface area contributed by atoms with Gasteiger partial charge in [0.05, 0.1) is 10.8 Å². The number of benzene rings is 1. The molecule has 25 heavy (non-hydrogen) atoms. The van der Waals surface area contributed by atoms with E-state index in [1.165, 1.54) is 30.0 Å². The van der Waals surface area contributed by atoms with Gasteiger partial charge >= 0.3 is 0 Å². The Morgan fingerprint density at radius 2 is 1.96 bits per heavy atom. The molecule has 0 saturated heterocycles. The van der Waals surface area contributed by atoms with Crippen molar-refractivity contribution in [1.29, 1.82) is 5.26 Å². The van der Waals surface area contributed by atoms with Crippen LogP contribution in [0.2, 0.25) is 0 Å². The lowest BCUT2D eigenvalue weighted by molar-refractivity contribution is -0.115. The minimum absolute atomic E-state index is 0.121. The molecule has 7 heteroatoms. The maximum atomic E-state index is 12.4. The van der Waals surface area contributed by atoms with E-state index >= 15 is 0 Å². The van der Waals surface area contributed by atoms with Crippen LogP contribution in [0.15, 0.2) is 35.2 Å². The molecule has 130 valence electrons. The first kappa shape index (κ1) is 19.0. The van der Waals surface area contributed by atoms with E-state index in [0.29, 0.717) is 10.6 Å². The van der Waals surface area contributed by atoms with Gasteiger partial charge < -0.3 is 10.6 Å². The molecule has 0 saturated carbocycles. The maximum absolute atomic E-state index is 12.4. The number of nitrogens with one attached hydrogen (secondary N) is 2. The average molecular weight is 374 g/mol. The van der Waals surface area contributed by atoms with Crippen LogP contribution in [0.4, 0.5) is 10.7 Å². The molecule has 0 aliphatic heterocycles. The van der Waals surface area contributed by atoms with Gasteiger partial charge in [-0.2, -0.15) is 5.26 Å². The summed E-state index contributed by atoms with van der Waals surface area (Å²) in [6.07, 6.45) is 0.833. The number of carbonyl (C=O) groups is 2. The van der Waals surface area contributed by atoms with Crippen molar-refractivity contribution in [2.24, 2.45) is 0 Å². The molecule has 0 fully saturated rings. The van der Waals surface area contributed by atoms with Crippen LogP contribution < -0.4 is 10.6 Å². The number of amides is 2. The van der Waals surface area contributed by atoms with Crippen LogP contribution in [0, 0.1) is 11.3 Å². The summed E-state index contributed by atoms with van der Waals surface area (Å²) < 4.78 is 0. The third-order valence-corrected chi connectivity index (χ3v) is 5.65. The van der Waals surface area contributed by atoms with E-state index in [0.717, 1.165) is 21.9 Å². The second-order valence-electron chi connectivity index (χ2n) is 5.38. The van der Waals surface area contributed by atoms with Crippen LogP contribution >= 0.6 is 23.1 Å². The number of hydrogen-bond acceptors (Lipinski definition) is 5. The van der Waals surface area contributed by atoms with Crippen molar-refractivity contribution in [2.45, 2.75) is 37.3 Å². The number of nitrogens with zero attached hydrogens (tertiary/aromatic N) is 1. The van der Waals surface area contributed by atoms with Gasteiger partial charge in [-0.15, -0.1) is 23.1 Å². The second kappa shape index (κ2) is 8.70. The zero-order valence-electron chi connectivity index (χ0n) is 14.3. The molecule has 2 rings (SSSR count). The van der Waals surface area contributed by atoms with Crippen LogP contribution in [0.25, 0.3) is 0 Å². The van der Waals surface area contributed by atoms with Gasteiger partial charge in [0.2, 0.25) is 11.8 Å². The highest BCUT2D eigenvalue weighted by Gasteiger charge is 2.17. The fourth-order valence-electron chi connectivity index (χ4n) is 2.08. The summed E-state index contributed by atoms with van der Waals surface area (Å²) in [4.78, 5) is 25.4. The Kier molecular flexibility index (Phi) is 6.62. The molecule has 2 N–H and O–H groups in total. The highest BCUT2D eigenvalue weighted by atomic mass is 32.2. The minimum Gasteiger partial charge on any atom is -0.326 e. The molecule has 2 amide bonds. The molecule has 0 aliphatic carbocycles. The van der Waals surface area contributed by atoms with Crippen molar-refractivity contribution < 1.29 is 9.59 Å². The van der Waals surface area contributed by atoms with E-state index in [-0.39, 0.29) is 17.1 Å². The van der Waals surface area contributed by atoms with Gasteiger partial charge in [0.25, 0.3) is 0 Å². The summed E-state index contributed by atoms with van der Waals surface area (Å²) in [5, 5.41) is 15.0. The molecule has 2 aromatic rings. The molecule has 0 bridgehead atoms. The molecule has 0 aliphatic rings. The Balaban J connectivity index is 1.99. The van der Waals surface area contributed by atoms with Crippen LogP contribution in [-0.4, -0.2) is 17.1 Å². The van der Waals surface area contributed by atoms with Gasteiger partial charge in [0.15, 0.2) is 0 Å². The first-order valence-corrected chi connectivity index (χ1v) is 9.50. The van der Waals surface area contributed by atoms with Crippen LogP contribution in [0.5, 0.6) is 0 Å². The summed E-state index contributed by atoms with van der Waals surface area (Å²) in [5.74, 6) is -0.263. The summed E-state index contributed by atoms with van der Waals surface area (Å²) >= 11 is 2.86. The second-order valence-corrected chi connectivity index (χ2v) is 7.93. The molecule has 0 radical (unpaired) electrons. The quantitative estimate of drug-likeness (QED) is 0.741. The van der Waals surface area contributed by atoms with Gasteiger partial charge in [-0.05, 0) is 43.7 Å². The van der Waals surface area contributed by atoms with Crippen molar-refractivity contribution in [2.75, 3.05) is 10.6 Å². The molecule has 0 spiro atoms. The summed E-state index contributed by atoms with van der Waals surface area (Å²) in [7, 11) is 0. The first-order chi connectivity index (χ1) is 11.9. The number of thiophene rings is 1. The zero-order chi connectivity index (χ0) is 18.4. The van der Waals surface area contributed by atoms with Gasteiger partial charge in [0.1, 0.15) is 11.1 Å². The van der Waals surface area contributed by atoms with Crippen LogP contribution in [0.3, 0.4) is 0 Å². The smallest absolute Gasteiger partial charge is 0.238 e. The number of rotatable bonds is 6. The standard InChI is InChI=1S/C18H19N3O2S2/c1-4-15-9-13(10-19)18(25-15)21-17(23)11(2)24-16-7-5-14(6-8-16)20-12(3)22/h5-9,11H,4H2,1-3H3,(H,20,22)(H,21,23)/t11-/m0/s1. The number of carbonyl (C=O) groups excluding carboxylic acids is 2. The lowest BCUT2D eigenvalue weighted by Crippen LogP contribution is -2.22. The SMILES string of the molecule is CCc1cc(C#N)c(NC(=O)[C@H](C)Sc2ccc(NC(C)=O)cc2)s1. The Morgan fingerprint density at radius 1 is 1.28 bits per heavy atom. The third-order valence-electron chi connectivity index (χ3n) is 3.35. The molecule has 0 unspecified atom stereocenters. The van der Waals surface area contributed by atoms with Gasteiger partial charge in [-0.25, -0.2) is 0 Å². The summed E-state index contributed by atoms with van der Waals surface area (Å²) in [5.41, 5.74) is 1.23. The average Bonchev–Trinajstić information content (AvgIpc) is 2.98. The van der Waals surface area contributed by atoms with E-state index in [2.05, 4.69) is 16.7 Å². The Morgan fingerprint density at radius 3 is 2.52 bits per heavy atom. The van der Waals surface area contributed by atoms with Crippen LogP contribution in [0.1, 0.15) is 31.2 Å². The Labute approximate surface area is 155 Å². The predicted molar refractivity (Wildman–Crippen MR) is 103 cm³/mol. The fraction of sp³-hybridized carbons (Fsp3) is 0.278. The number of hydrogen-bond donors (Lipinski definition) is 2. The number of nitriles is 1. The molecule has 1 aromatic carbocycles. The Bertz CT molecular complexity index is 807. The summed E-state index contributed by atoms with van der Waals surface area (Å²) in [6.45, 7) is 5.29. The van der Waals surface area contributed by atoms with Gasteiger partial charge in [-0.3, -0.25) is 9.59 Å². The lowest BCUT2D eigenvalue weighted by atomic mass is 10.3. The zero-order valence-corrected chi connectivity index (χ0v) is 15.9. The van der Waals surface area contributed by atoms with Gasteiger partial charge in [0, 0.05) is 22.4 Å². The number of aryl methyl sites for hydroxylation is 1. The first-order valence-electron chi connectivity index (χ1n) is 7.81. The number of anilines is 2. The highest BCUT2D eigenvalue weighted by molar-refractivity contribution is 8.00. The monoisotopic (exact) mass is 373 g/mol. The van der Waals surface area contributed by atoms with E-state index in [4.69, 9.17) is 0 Å². The third kappa shape index (κ3) is 5.34. The molecule has 1 atom stereocenters. The van der Waals surface area contributed by atoms with Crippen molar-refractivity contribution in [1.82, 2.24) is 0 Å². The maximum Gasteiger partial charge on any atom is 0.238 e. The lowest BCUT2D eigenvalue weighted by Gasteiger charge is -2.12. The molecule has 5 nitrogen and oxygen atoms in total. The molecular formula is C18H19N3O2S2. The number of thioether (sulfide) groups is 1. The summed E-state index contributed by atoms with van der Waals surface area (Å²) in [6, 6.07) is 11.3. The predicted octanol–water partition coefficient (Wildman–Crippen LogP) is 4.26. The van der Waals surface area contributed by atoms with Crippen molar-refractivity contribution in [3.8, 4) is 6.07 Å². The van der Waals surface area contributed by atoms with E-state index < -0.39 is 0 Å². The molecule has 1 aromatic heterocycles. The largest absolute Gasteiger partial charge is 0.326 e. The molecule has 1 heterocycles. The van der Waals surface area contributed by atoms with E-state index in [9.17, 15) is 14.9 Å². The van der Waals surface area contributed by atoms with Crippen molar-refractivity contribution >= 4 is 45.6 Å². The van der Waals surface area contributed by atoms with E-state index in [1.807, 2.05) is 32.0 Å². The van der Waals surface area contributed by atoms with Gasteiger partial charge in [-0.1, -0.05) is 6.92 Å². The highest BCUT2D eigenvalue weighted by Crippen LogP contribution is 2.30. The molecular weight excluding hydrogens is 354 g/mol. The van der Waals surface area contributed by atoms with Crippen molar-refractivity contribution in [3.05, 3.63) is 40.8 Å². The Hall–Kier alpha value is -2.30. The van der Waals surface area contributed by atoms with Crippen molar-refractivity contribution in [3.63, 3.8) is 0 Å². The van der Waals surface area contributed by atoms with E-state index in [1.54, 1.807) is 12.1 Å². The fourth-order valence-corrected chi connectivity index (χ4v) is 3.90. The normalized spacial score (nSPS) is 11.4. The topological polar surface area (TPSA) is 82.0 Å². The minimum atomic E-state index is -0.315.